The summed E-state index contributed by atoms with van der Waals surface area (Å²) in [4.78, 5) is 8.96. The summed E-state index contributed by atoms with van der Waals surface area (Å²) in [6.45, 7) is 6.29. The molecule has 0 bridgehead atoms. The van der Waals surface area contributed by atoms with E-state index in [2.05, 4.69) is 53.3 Å². The molecule has 2 rings (SSSR count). The minimum atomic E-state index is -0.243. The summed E-state index contributed by atoms with van der Waals surface area (Å²) in [6, 6.07) is 6.36. The molecule has 0 unspecified atom stereocenters. The summed E-state index contributed by atoms with van der Waals surface area (Å²) in [5, 5.41) is 0. The molecule has 0 aliphatic rings. The quantitative estimate of drug-likeness (QED) is 0.803. The van der Waals surface area contributed by atoms with Crippen LogP contribution in [-0.4, -0.2) is 9.97 Å². The van der Waals surface area contributed by atoms with Crippen molar-refractivity contribution in [3.05, 3.63) is 50.7 Å². The van der Waals surface area contributed by atoms with Gasteiger partial charge in [-0.25, -0.2) is 14.4 Å². The number of halogens is 2. The number of nitrogens with zero attached hydrogens (tertiary/aromatic N) is 2. The standard InChI is InChI=1S/C15H17FIN3/c1-15(2,3)13-12(17)14(18)20-11(19-13)8-9-4-6-10(16)7-5-9/h4-7H,8H2,1-3H3,(H2,18,19,20). The molecule has 0 amide bonds. The highest BCUT2D eigenvalue weighted by Gasteiger charge is 2.22. The Morgan fingerprint density at radius 1 is 1.15 bits per heavy atom. The van der Waals surface area contributed by atoms with Crippen LogP contribution in [0.15, 0.2) is 24.3 Å². The maximum atomic E-state index is 12.9. The van der Waals surface area contributed by atoms with Gasteiger partial charge in [-0.3, -0.25) is 0 Å². The van der Waals surface area contributed by atoms with Crippen LogP contribution in [0, 0.1) is 9.39 Å². The summed E-state index contributed by atoms with van der Waals surface area (Å²) < 4.78 is 13.8. The molecule has 5 heteroatoms. The number of anilines is 1. The number of hydrogen-bond donors (Lipinski definition) is 1. The van der Waals surface area contributed by atoms with Gasteiger partial charge >= 0.3 is 0 Å². The van der Waals surface area contributed by atoms with Crippen molar-refractivity contribution in [2.75, 3.05) is 5.73 Å². The molecule has 3 nitrogen and oxygen atoms in total. The van der Waals surface area contributed by atoms with Gasteiger partial charge in [0.05, 0.1) is 9.26 Å². The molecule has 0 saturated heterocycles. The molecule has 0 atom stereocenters. The summed E-state index contributed by atoms with van der Waals surface area (Å²) in [7, 11) is 0. The van der Waals surface area contributed by atoms with Crippen LogP contribution >= 0.6 is 22.6 Å². The Balaban J connectivity index is 2.38. The largest absolute Gasteiger partial charge is 0.383 e. The highest BCUT2D eigenvalue weighted by molar-refractivity contribution is 14.1. The van der Waals surface area contributed by atoms with Crippen LogP contribution in [0.3, 0.4) is 0 Å². The van der Waals surface area contributed by atoms with Crippen molar-refractivity contribution in [1.82, 2.24) is 9.97 Å². The molecule has 106 valence electrons. The Kier molecular flexibility index (Phi) is 4.27. The SMILES string of the molecule is CC(C)(C)c1nc(Cc2ccc(F)cc2)nc(N)c1I. The molecule has 20 heavy (non-hydrogen) atoms. The number of benzene rings is 1. The number of nitrogen functional groups attached to an aromatic ring is 1. The Hall–Kier alpha value is -1.24. The summed E-state index contributed by atoms with van der Waals surface area (Å²) in [5.41, 5.74) is 7.80. The first-order chi connectivity index (χ1) is 9.27. The van der Waals surface area contributed by atoms with Gasteiger partial charge in [0.15, 0.2) is 0 Å². The minimum absolute atomic E-state index is 0.0921. The molecule has 0 fully saturated rings. The maximum Gasteiger partial charge on any atom is 0.140 e. The van der Waals surface area contributed by atoms with Gasteiger partial charge in [0.25, 0.3) is 0 Å². The Bertz CT molecular complexity index is 618. The molecule has 2 aromatic rings. The summed E-state index contributed by atoms with van der Waals surface area (Å²) in [5.74, 6) is 0.925. The van der Waals surface area contributed by atoms with Gasteiger partial charge in [0, 0.05) is 11.8 Å². The normalized spacial score (nSPS) is 11.7. The van der Waals surface area contributed by atoms with E-state index in [4.69, 9.17) is 5.73 Å². The van der Waals surface area contributed by atoms with Crippen LogP contribution < -0.4 is 5.73 Å². The summed E-state index contributed by atoms with van der Waals surface area (Å²) >= 11 is 2.18. The maximum absolute atomic E-state index is 12.9. The van der Waals surface area contributed by atoms with Crippen LogP contribution in [0.5, 0.6) is 0 Å². The molecule has 0 radical (unpaired) electrons. The number of aromatic nitrogens is 2. The number of hydrogen-bond acceptors (Lipinski definition) is 3. The first-order valence-corrected chi connectivity index (χ1v) is 7.42. The minimum Gasteiger partial charge on any atom is -0.383 e. The zero-order valence-electron chi connectivity index (χ0n) is 11.7. The van der Waals surface area contributed by atoms with E-state index in [1.165, 1.54) is 12.1 Å². The molecule has 0 aliphatic heterocycles. The molecular weight excluding hydrogens is 368 g/mol. The predicted molar refractivity (Wildman–Crippen MR) is 87.1 cm³/mol. The predicted octanol–water partition coefficient (Wildman–Crippen LogP) is 3.69. The fourth-order valence-electron chi connectivity index (χ4n) is 1.87. The molecule has 2 N–H and O–H groups in total. The van der Waals surface area contributed by atoms with Crippen molar-refractivity contribution >= 4 is 28.4 Å². The highest BCUT2D eigenvalue weighted by Crippen LogP contribution is 2.28. The summed E-state index contributed by atoms with van der Waals surface area (Å²) in [6.07, 6.45) is 0.546. The molecule has 1 aromatic heterocycles. The average Bonchev–Trinajstić information content (AvgIpc) is 2.35. The van der Waals surface area contributed by atoms with Gasteiger partial charge in [0.1, 0.15) is 17.5 Å². The molecule has 1 aromatic carbocycles. The van der Waals surface area contributed by atoms with Crippen molar-refractivity contribution in [2.24, 2.45) is 0 Å². The van der Waals surface area contributed by atoms with Gasteiger partial charge in [-0.15, -0.1) is 0 Å². The fourth-order valence-corrected chi connectivity index (χ4v) is 2.92. The number of rotatable bonds is 2. The van der Waals surface area contributed by atoms with Gasteiger partial charge in [-0.2, -0.15) is 0 Å². The Morgan fingerprint density at radius 2 is 1.75 bits per heavy atom. The third-order valence-corrected chi connectivity index (χ3v) is 3.97. The molecular formula is C15H17FIN3. The lowest BCUT2D eigenvalue weighted by atomic mass is 9.92. The van der Waals surface area contributed by atoms with E-state index < -0.39 is 0 Å². The van der Waals surface area contributed by atoms with Gasteiger partial charge in [0.2, 0.25) is 0 Å². The highest BCUT2D eigenvalue weighted by atomic mass is 127. The second-order valence-corrected chi connectivity index (χ2v) is 6.82. The van der Waals surface area contributed by atoms with Crippen LogP contribution in [0.1, 0.15) is 37.9 Å². The first kappa shape index (κ1) is 15.2. The van der Waals surface area contributed by atoms with E-state index in [0.29, 0.717) is 18.1 Å². The lowest BCUT2D eigenvalue weighted by molar-refractivity contribution is 0.559. The smallest absolute Gasteiger partial charge is 0.140 e. The van der Waals surface area contributed by atoms with Crippen molar-refractivity contribution in [3.8, 4) is 0 Å². The monoisotopic (exact) mass is 385 g/mol. The van der Waals surface area contributed by atoms with E-state index in [-0.39, 0.29) is 11.2 Å². The van der Waals surface area contributed by atoms with E-state index in [0.717, 1.165) is 14.8 Å². The molecule has 0 spiro atoms. The topological polar surface area (TPSA) is 51.8 Å². The Morgan fingerprint density at radius 3 is 2.30 bits per heavy atom. The van der Waals surface area contributed by atoms with Crippen molar-refractivity contribution in [3.63, 3.8) is 0 Å². The Labute approximate surface area is 132 Å². The van der Waals surface area contributed by atoms with E-state index in [9.17, 15) is 4.39 Å². The molecule has 0 saturated carbocycles. The van der Waals surface area contributed by atoms with Crippen molar-refractivity contribution < 1.29 is 4.39 Å². The van der Waals surface area contributed by atoms with Crippen molar-refractivity contribution in [2.45, 2.75) is 32.6 Å². The second-order valence-electron chi connectivity index (χ2n) is 5.74. The lowest BCUT2D eigenvalue weighted by Gasteiger charge is -2.21. The lowest BCUT2D eigenvalue weighted by Crippen LogP contribution is -2.19. The molecule has 0 aliphatic carbocycles. The van der Waals surface area contributed by atoms with Crippen LogP contribution in [0.4, 0.5) is 10.2 Å². The fraction of sp³-hybridized carbons (Fsp3) is 0.333. The first-order valence-electron chi connectivity index (χ1n) is 6.34. The third-order valence-electron chi connectivity index (χ3n) is 2.91. The van der Waals surface area contributed by atoms with Crippen LogP contribution in [0.2, 0.25) is 0 Å². The van der Waals surface area contributed by atoms with Gasteiger partial charge < -0.3 is 5.73 Å². The average molecular weight is 385 g/mol. The van der Waals surface area contributed by atoms with Crippen LogP contribution in [-0.2, 0) is 11.8 Å². The second kappa shape index (κ2) is 5.63. The third kappa shape index (κ3) is 3.45. The van der Waals surface area contributed by atoms with E-state index >= 15 is 0 Å². The zero-order valence-corrected chi connectivity index (χ0v) is 13.9. The van der Waals surface area contributed by atoms with Crippen LogP contribution in [0.25, 0.3) is 0 Å². The number of nitrogens with two attached hydrogens (primary N) is 1. The molecule has 1 heterocycles. The van der Waals surface area contributed by atoms with E-state index in [1.807, 2.05) is 0 Å². The van der Waals surface area contributed by atoms with Crippen molar-refractivity contribution in [1.29, 1.82) is 0 Å². The zero-order chi connectivity index (χ0) is 14.9. The van der Waals surface area contributed by atoms with Gasteiger partial charge in [-0.05, 0) is 40.3 Å². The van der Waals surface area contributed by atoms with Gasteiger partial charge in [-0.1, -0.05) is 32.9 Å². The van der Waals surface area contributed by atoms with E-state index in [1.54, 1.807) is 12.1 Å².